The summed E-state index contributed by atoms with van der Waals surface area (Å²) in [6.07, 6.45) is 3.76. The SMILES string of the molecule is CCC(CC)(CBr)CNC(=O)c1ccnc(C)c1. The molecule has 1 N–H and O–H groups in total. The molecule has 1 aromatic rings. The van der Waals surface area contributed by atoms with Gasteiger partial charge in [-0.3, -0.25) is 9.78 Å². The van der Waals surface area contributed by atoms with Gasteiger partial charge in [0.2, 0.25) is 0 Å². The highest BCUT2D eigenvalue weighted by Gasteiger charge is 2.25. The second kappa shape index (κ2) is 6.88. The Hall–Kier alpha value is -0.900. The van der Waals surface area contributed by atoms with E-state index < -0.39 is 0 Å². The minimum absolute atomic E-state index is 0.0206. The minimum Gasteiger partial charge on any atom is -0.351 e. The number of rotatable bonds is 6. The zero-order valence-corrected chi connectivity index (χ0v) is 12.9. The lowest BCUT2D eigenvalue weighted by Crippen LogP contribution is -2.38. The van der Waals surface area contributed by atoms with Gasteiger partial charge in [0, 0.05) is 29.3 Å². The van der Waals surface area contributed by atoms with E-state index >= 15 is 0 Å². The van der Waals surface area contributed by atoms with Crippen LogP contribution in [-0.2, 0) is 0 Å². The van der Waals surface area contributed by atoms with Gasteiger partial charge < -0.3 is 5.32 Å². The summed E-state index contributed by atoms with van der Waals surface area (Å²) < 4.78 is 0. The van der Waals surface area contributed by atoms with Crippen molar-refractivity contribution in [2.45, 2.75) is 33.6 Å². The first-order valence-electron chi connectivity index (χ1n) is 6.33. The zero-order chi connectivity index (χ0) is 13.6. The Morgan fingerprint density at radius 1 is 1.44 bits per heavy atom. The van der Waals surface area contributed by atoms with Crippen molar-refractivity contribution in [2.24, 2.45) is 5.41 Å². The number of nitrogens with one attached hydrogen (secondary N) is 1. The van der Waals surface area contributed by atoms with E-state index in [9.17, 15) is 4.79 Å². The lowest BCUT2D eigenvalue weighted by atomic mass is 9.84. The van der Waals surface area contributed by atoms with Gasteiger partial charge in [0.1, 0.15) is 0 Å². The van der Waals surface area contributed by atoms with E-state index in [0.717, 1.165) is 23.9 Å². The fourth-order valence-corrected chi connectivity index (χ4v) is 2.78. The van der Waals surface area contributed by atoms with Gasteiger partial charge in [-0.05, 0) is 37.3 Å². The predicted octanol–water partition coefficient (Wildman–Crippen LogP) is 3.32. The number of pyridine rings is 1. The van der Waals surface area contributed by atoms with Crippen molar-refractivity contribution in [2.75, 3.05) is 11.9 Å². The maximum Gasteiger partial charge on any atom is 0.251 e. The summed E-state index contributed by atoms with van der Waals surface area (Å²) in [6.45, 7) is 6.91. The van der Waals surface area contributed by atoms with Crippen LogP contribution in [0.2, 0.25) is 0 Å². The summed E-state index contributed by atoms with van der Waals surface area (Å²) in [7, 11) is 0. The highest BCUT2D eigenvalue weighted by molar-refractivity contribution is 9.09. The van der Waals surface area contributed by atoms with Crippen molar-refractivity contribution in [3.8, 4) is 0 Å². The van der Waals surface area contributed by atoms with Crippen LogP contribution < -0.4 is 5.32 Å². The van der Waals surface area contributed by atoms with Crippen LogP contribution in [0, 0.1) is 12.3 Å². The van der Waals surface area contributed by atoms with E-state index in [-0.39, 0.29) is 11.3 Å². The molecule has 4 heteroatoms. The van der Waals surface area contributed by atoms with Gasteiger partial charge in [0.05, 0.1) is 0 Å². The number of hydrogen-bond donors (Lipinski definition) is 1. The van der Waals surface area contributed by atoms with Crippen LogP contribution in [0.4, 0.5) is 0 Å². The molecule has 0 saturated heterocycles. The summed E-state index contributed by atoms with van der Waals surface area (Å²) in [5.41, 5.74) is 1.69. The van der Waals surface area contributed by atoms with Gasteiger partial charge in [-0.15, -0.1) is 0 Å². The third kappa shape index (κ3) is 3.80. The molecule has 1 aromatic heterocycles. The summed E-state index contributed by atoms with van der Waals surface area (Å²) in [4.78, 5) is 16.1. The smallest absolute Gasteiger partial charge is 0.251 e. The monoisotopic (exact) mass is 312 g/mol. The second-order valence-corrected chi connectivity index (χ2v) is 5.27. The maximum atomic E-state index is 12.0. The molecule has 0 saturated carbocycles. The van der Waals surface area contributed by atoms with E-state index in [2.05, 4.69) is 40.1 Å². The average molecular weight is 313 g/mol. The molecule has 1 amide bonds. The molecule has 0 atom stereocenters. The van der Waals surface area contributed by atoms with Gasteiger partial charge in [0.15, 0.2) is 0 Å². The van der Waals surface area contributed by atoms with Crippen molar-refractivity contribution in [1.82, 2.24) is 10.3 Å². The molecule has 0 spiro atoms. The normalized spacial score (nSPS) is 11.3. The Morgan fingerprint density at radius 2 is 2.11 bits per heavy atom. The fraction of sp³-hybridized carbons (Fsp3) is 0.571. The molecule has 0 aliphatic heterocycles. The molecule has 0 fully saturated rings. The van der Waals surface area contributed by atoms with E-state index in [1.54, 1.807) is 12.3 Å². The van der Waals surface area contributed by atoms with Crippen LogP contribution in [-0.4, -0.2) is 22.8 Å². The molecule has 18 heavy (non-hydrogen) atoms. The number of carbonyl (C=O) groups is 1. The molecule has 0 bridgehead atoms. The second-order valence-electron chi connectivity index (χ2n) is 4.71. The lowest BCUT2D eigenvalue weighted by molar-refractivity contribution is 0.0932. The predicted molar refractivity (Wildman–Crippen MR) is 78.1 cm³/mol. The van der Waals surface area contributed by atoms with Crippen LogP contribution in [0.5, 0.6) is 0 Å². The van der Waals surface area contributed by atoms with Gasteiger partial charge >= 0.3 is 0 Å². The quantitative estimate of drug-likeness (QED) is 0.819. The van der Waals surface area contributed by atoms with Crippen LogP contribution in [0.25, 0.3) is 0 Å². The number of halogens is 1. The van der Waals surface area contributed by atoms with Crippen LogP contribution in [0.1, 0.15) is 42.7 Å². The van der Waals surface area contributed by atoms with Gasteiger partial charge in [0.25, 0.3) is 5.91 Å². The Kier molecular flexibility index (Phi) is 5.79. The average Bonchev–Trinajstić information content (AvgIpc) is 2.40. The first-order chi connectivity index (χ1) is 8.56. The van der Waals surface area contributed by atoms with Gasteiger partial charge in [-0.1, -0.05) is 29.8 Å². The van der Waals surface area contributed by atoms with Gasteiger partial charge in [-0.25, -0.2) is 0 Å². The zero-order valence-electron chi connectivity index (χ0n) is 11.3. The van der Waals surface area contributed by atoms with Crippen LogP contribution >= 0.6 is 15.9 Å². The molecule has 0 aliphatic rings. The third-order valence-electron chi connectivity index (χ3n) is 3.57. The number of aryl methyl sites for hydroxylation is 1. The standard InChI is InChI=1S/C14H21BrN2O/c1-4-14(5-2,9-15)10-17-13(18)12-6-7-16-11(3)8-12/h6-8H,4-5,9-10H2,1-3H3,(H,17,18). The molecular weight excluding hydrogens is 292 g/mol. The number of alkyl halides is 1. The Balaban J connectivity index is 2.66. The van der Waals surface area contributed by atoms with E-state index in [4.69, 9.17) is 0 Å². The highest BCUT2D eigenvalue weighted by atomic mass is 79.9. The number of carbonyl (C=O) groups excluding carboxylic acids is 1. The van der Waals surface area contributed by atoms with Crippen LogP contribution in [0.15, 0.2) is 18.3 Å². The van der Waals surface area contributed by atoms with Crippen molar-refractivity contribution in [3.05, 3.63) is 29.6 Å². The first-order valence-corrected chi connectivity index (χ1v) is 7.46. The van der Waals surface area contributed by atoms with Crippen molar-refractivity contribution >= 4 is 21.8 Å². The number of hydrogen-bond acceptors (Lipinski definition) is 2. The molecule has 3 nitrogen and oxygen atoms in total. The van der Waals surface area contributed by atoms with E-state index in [1.807, 2.05) is 13.0 Å². The van der Waals surface area contributed by atoms with E-state index in [1.165, 1.54) is 0 Å². The topological polar surface area (TPSA) is 42.0 Å². The molecular formula is C14H21BrN2O. The number of nitrogens with zero attached hydrogens (tertiary/aromatic N) is 1. The molecule has 0 unspecified atom stereocenters. The fourth-order valence-electron chi connectivity index (χ4n) is 1.79. The molecule has 0 aliphatic carbocycles. The summed E-state index contributed by atoms with van der Waals surface area (Å²) in [5.74, 6) is -0.0206. The van der Waals surface area contributed by atoms with Crippen molar-refractivity contribution in [3.63, 3.8) is 0 Å². The molecule has 0 aromatic carbocycles. The highest BCUT2D eigenvalue weighted by Crippen LogP contribution is 2.27. The Morgan fingerprint density at radius 3 is 2.61 bits per heavy atom. The number of aromatic nitrogens is 1. The van der Waals surface area contributed by atoms with Crippen LogP contribution in [0.3, 0.4) is 0 Å². The van der Waals surface area contributed by atoms with Gasteiger partial charge in [-0.2, -0.15) is 0 Å². The number of amides is 1. The van der Waals surface area contributed by atoms with Crippen molar-refractivity contribution < 1.29 is 4.79 Å². The summed E-state index contributed by atoms with van der Waals surface area (Å²) in [5, 5.41) is 3.93. The third-order valence-corrected chi connectivity index (χ3v) is 4.76. The molecule has 0 radical (unpaired) electrons. The minimum atomic E-state index is -0.0206. The Bertz CT molecular complexity index is 394. The summed E-state index contributed by atoms with van der Waals surface area (Å²) >= 11 is 3.55. The maximum absolute atomic E-state index is 12.0. The largest absolute Gasteiger partial charge is 0.351 e. The lowest BCUT2D eigenvalue weighted by Gasteiger charge is -2.29. The summed E-state index contributed by atoms with van der Waals surface area (Å²) in [6, 6.07) is 3.55. The molecule has 1 heterocycles. The van der Waals surface area contributed by atoms with Crippen molar-refractivity contribution in [1.29, 1.82) is 0 Å². The van der Waals surface area contributed by atoms with E-state index in [0.29, 0.717) is 12.1 Å². The molecule has 1 rings (SSSR count). The first kappa shape index (κ1) is 15.2. The Labute approximate surface area is 118 Å². The molecule has 100 valence electrons.